The molecule has 1 N–H and O–H groups in total. The molecule has 2 aromatic carbocycles. The van der Waals surface area contributed by atoms with Crippen molar-refractivity contribution in [2.75, 3.05) is 12.4 Å². The van der Waals surface area contributed by atoms with Gasteiger partial charge in [0.05, 0.1) is 11.6 Å². The molecule has 0 unspecified atom stereocenters. The van der Waals surface area contributed by atoms with Gasteiger partial charge in [-0.1, -0.05) is 28.9 Å². The van der Waals surface area contributed by atoms with E-state index >= 15 is 0 Å². The van der Waals surface area contributed by atoms with Crippen LogP contribution in [0.4, 0.5) is 10.1 Å². The van der Waals surface area contributed by atoms with Gasteiger partial charge in [-0.2, -0.15) is 4.98 Å². The summed E-state index contributed by atoms with van der Waals surface area (Å²) in [5.41, 5.74) is 1.40. The second kappa shape index (κ2) is 7.58. The third kappa shape index (κ3) is 4.32. The van der Waals surface area contributed by atoms with Crippen LogP contribution < -0.4 is 5.32 Å². The highest BCUT2D eigenvalue weighted by molar-refractivity contribution is 7.80. The highest BCUT2D eigenvalue weighted by Crippen LogP contribution is 2.25. The van der Waals surface area contributed by atoms with Gasteiger partial charge in [0.2, 0.25) is 11.7 Å². The second-order valence-corrected chi connectivity index (χ2v) is 6.08. The maximum Gasteiger partial charge on any atom is 0.246 e. The van der Waals surface area contributed by atoms with Crippen LogP contribution in [0.15, 0.2) is 53.1 Å². The summed E-state index contributed by atoms with van der Waals surface area (Å²) in [6.07, 6.45) is 0. The summed E-state index contributed by atoms with van der Waals surface area (Å²) >= 11 is 11.5. The first-order valence-electron chi connectivity index (χ1n) is 7.38. The lowest BCUT2D eigenvalue weighted by Gasteiger charge is -2.19. The molecule has 8 heteroatoms. The Balaban J connectivity index is 1.65. The lowest BCUT2D eigenvalue weighted by atomic mass is 10.2. The fraction of sp³-hybridized carbons (Fsp3) is 0.118. The van der Waals surface area contributed by atoms with Gasteiger partial charge in [-0.25, -0.2) is 4.39 Å². The average Bonchev–Trinajstić information content (AvgIpc) is 3.05. The Hall–Kier alpha value is -2.51. The molecule has 3 aromatic rings. The smallest absolute Gasteiger partial charge is 0.246 e. The van der Waals surface area contributed by atoms with Crippen LogP contribution in [0.25, 0.3) is 11.4 Å². The first-order chi connectivity index (χ1) is 12.0. The fourth-order valence-electron chi connectivity index (χ4n) is 2.10. The van der Waals surface area contributed by atoms with Gasteiger partial charge in [0.15, 0.2) is 5.11 Å². The number of nitrogens with zero attached hydrogens (tertiary/aromatic N) is 3. The third-order valence-corrected chi connectivity index (χ3v) is 4.14. The second-order valence-electron chi connectivity index (χ2n) is 5.28. The van der Waals surface area contributed by atoms with Crippen LogP contribution in [0.3, 0.4) is 0 Å². The number of anilines is 1. The third-order valence-electron chi connectivity index (χ3n) is 3.40. The van der Waals surface area contributed by atoms with Crippen LogP contribution in [-0.2, 0) is 6.54 Å². The number of aromatic nitrogens is 2. The van der Waals surface area contributed by atoms with Gasteiger partial charge in [-0.15, -0.1) is 0 Å². The van der Waals surface area contributed by atoms with Crippen molar-refractivity contribution in [2.24, 2.45) is 0 Å². The van der Waals surface area contributed by atoms with Crippen molar-refractivity contribution in [3.63, 3.8) is 0 Å². The van der Waals surface area contributed by atoms with E-state index in [1.54, 1.807) is 30.1 Å². The first-order valence-corrected chi connectivity index (χ1v) is 8.17. The summed E-state index contributed by atoms with van der Waals surface area (Å²) in [7, 11) is 1.79. The highest BCUT2D eigenvalue weighted by Gasteiger charge is 2.14. The summed E-state index contributed by atoms with van der Waals surface area (Å²) in [4.78, 5) is 6.08. The van der Waals surface area contributed by atoms with Crippen molar-refractivity contribution in [2.45, 2.75) is 6.54 Å². The minimum Gasteiger partial charge on any atom is -0.343 e. The molecule has 0 saturated carbocycles. The first kappa shape index (κ1) is 17.3. The van der Waals surface area contributed by atoms with Gasteiger partial charge < -0.3 is 14.7 Å². The number of hydrogen-bond donors (Lipinski definition) is 1. The summed E-state index contributed by atoms with van der Waals surface area (Å²) in [5, 5.41) is 7.97. The monoisotopic (exact) mass is 376 g/mol. The van der Waals surface area contributed by atoms with Crippen LogP contribution in [0.1, 0.15) is 5.89 Å². The maximum atomic E-state index is 12.9. The molecule has 0 aliphatic heterocycles. The molecule has 0 fully saturated rings. The molecule has 0 aliphatic carbocycles. The van der Waals surface area contributed by atoms with Crippen molar-refractivity contribution in [1.82, 2.24) is 15.0 Å². The Morgan fingerprint density at radius 3 is 2.68 bits per heavy atom. The van der Waals surface area contributed by atoms with E-state index in [1.165, 1.54) is 12.1 Å². The van der Waals surface area contributed by atoms with Gasteiger partial charge >= 0.3 is 0 Å². The Kier molecular flexibility index (Phi) is 5.25. The van der Waals surface area contributed by atoms with E-state index in [0.717, 1.165) is 0 Å². The topological polar surface area (TPSA) is 54.2 Å². The zero-order valence-electron chi connectivity index (χ0n) is 13.2. The van der Waals surface area contributed by atoms with Gasteiger partial charge in [0.25, 0.3) is 0 Å². The van der Waals surface area contributed by atoms with E-state index in [0.29, 0.717) is 39.6 Å². The Bertz CT molecular complexity index is 884. The van der Waals surface area contributed by atoms with Crippen molar-refractivity contribution in [3.8, 4) is 11.4 Å². The molecule has 0 bridgehead atoms. The molecule has 0 aliphatic rings. The summed E-state index contributed by atoms with van der Waals surface area (Å²) in [5.74, 6) is 0.523. The standard InChI is InChI=1S/C17H14ClFN4OS/c1-23(17(25)20-12-8-6-11(19)7-9-12)10-15-21-16(22-24-15)13-4-2-3-5-14(13)18/h2-9H,10H2,1H3,(H,20,25). The maximum absolute atomic E-state index is 12.9. The molecule has 0 radical (unpaired) electrons. The number of nitrogens with one attached hydrogen (secondary N) is 1. The molecule has 3 rings (SSSR count). The lowest BCUT2D eigenvalue weighted by Crippen LogP contribution is -2.30. The Morgan fingerprint density at radius 1 is 1.24 bits per heavy atom. The zero-order chi connectivity index (χ0) is 17.8. The van der Waals surface area contributed by atoms with E-state index < -0.39 is 0 Å². The van der Waals surface area contributed by atoms with Gasteiger partial charge in [-0.05, 0) is 48.6 Å². The minimum absolute atomic E-state index is 0.303. The summed E-state index contributed by atoms with van der Waals surface area (Å²) in [6, 6.07) is 13.2. The van der Waals surface area contributed by atoms with Gasteiger partial charge in [0, 0.05) is 18.3 Å². The van der Waals surface area contributed by atoms with Crippen molar-refractivity contribution >= 4 is 34.6 Å². The van der Waals surface area contributed by atoms with E-state index in [-0.39, 0.29) is 5.82 Å². The molecule has 1 aromatic heterocycles. The number of thiocarbonyl (C=S) groups is 1. The number of hydrogen-bond acceptors (Lipinski definition) is 4. The lowest BCUT2D eigenvalue weighted by molar-refractivity contribution is 0.336. The van der Waals surface area contributed by atoms with Crippen LogP contribution in [0.5, 0.6) is 0 Å². The predicted octanol–water partition coefficient (Wildman–Crippen LogP) is 4.36. The van der Waals surface area contributed by atoms with Gasteiger partial charge in [-0.3, -0.25) is 0 Å². The van der Waals surface area contributed by atoms with E-state index in [1.807, 2.05) is 18.2 Å². The molecule has 128 valence electrons. The van der Waals surface area contributed by atoms with Crippen molar-refractivity contribution in [3.05, 3.63) is 65.3 Å². The minimum atomic E-state index is -0.303. The zero-order valence-corrected chi connectivity index (χ0v) is 14.8. The van der Waals surface area contributed by atoms with E-state index in [4.69, 9.17) is 28.3 Å². The molecule has 25 heavy (non-hydrogen) atoms. The summed E-state index contributed by atoms with van der Waals surface area (Å²) < 4.78 is 18.2. The predicted molar refractivity (Wildman–Crippen MR) is 98.8 cm³/mol. The average molecular weight is 377 g/mol. The fourth-order valence-corrected chi connectivity index (χ4v) is 2.50. The molecular weight excluding hydrogens is 363 g/mol. The van der Waals surface area contributed by atoms with Crippen molar-refractivity contribution in [1.29, 1.82) is 0 Å². The molecule has 5 nitrogen and oxygen atoms in total. The molecule has 0 amide bonds. The summed E-state index contributed by atoms with van der Waals surface area (Å²) in [6.45, 7) is 0.324. The number of halogens is 2. The SMILES string of the molecule is CN(Cc1nc(-c2ccccc2Cl)no1)C(=S)Nc1ccc(F)cc1. The quantitative estimate of drug-likeness (QED) is 0.683. The van der Waals surface area contributed by atoms with Crippen LogP contribution >= 0.6 is 23.8 Å². The molecule has 1 heterocycles. The Labute approximate surface area is 154 Å². The van der Waals surface area contributed by atoms with Crippen LogP contribution in [-0.4, -0.2) is 27.2 Å². The largest absolute Gasteiger partial charge is 0.343 e. The van der Waals surface area contributed by atoms with Crippen LogP contribution in [0.2, 0.25) is 5.02 Å². The van der Waals surface area contributed by atoms with E-state index in [2.05, 4.69) is 15.5 Å². The number of rotatable bonds is 4. The van der Waals surface area contributed by atoms with E-state index in [9.17, 15) is 4.39 Å². The van der Waals surface area contributed by atoms with Gasteiger partial charge in [0.1, 0.15) is 5.82 Å². The molecule has 0 atom stereocenters. The van der Waals surface area contributed by atoms with Crippen molar-refractivity contribution < 1.29 is 8.91 Å². The number of benzene rings is 2. The molecule has 0 spiro atoms. The normalized spacial score (nSPS) is 10.5. The molecule has 0 saturated heterocycles. The Morgan fingerprint density at radius 2 is 1.96 bits per heavy atom. The van der Waals surface area contributed by atoms with Crippen LogP contribution in [0, 0.1) is 5.82 Å². The highest BCUT2D eigenvalue weighted by atomic mass is 35.5. The molecular formula is C17H14ClFN4OS.